The summed E-state index contributed by atoms with van der Waals surface area (Å²) in [4.78, 5) is 0. The van der Waals surface area contributed by atoms with Crippen LogP contribution in [0.1, 0.15) is 0 Å². The Morgan fingerprint density at radius 3 is 1.70 bits per heavy atom. The van der Waals surface area contributed by atoms with E-state index < -0.39 is 0 Å². The third-order valence-electron chi connectivity index (χ3n) is 8.92. The first-order valence-corrected chi connectivity index (χ1v) is 15.6. The molecule has 2 nitrogen and oxygen atoms in total. The van der Waals surface area contributed by atoms with E-state index in [0.29, 0.717) is 0 Å². The van der Waals surface area contributed by atoms with Gasteiger partial charge in [0, 0.05) is 22.1 Å². The maximum absolute atomic E-state index is 6.50. The summed E-state index contributed by atoms with van der Waals surface area (Å²) in [5.74, 6) is 3.46. The molecule has 0 N–H and O–H groups in total. The zero-order chi connectivity index (χ0) is 30.5. The first-order valence-electron chi connectivity index (χ1n) is 15.6. The van der Waals surface area contributed by atoms with E-state index in [1.807, 2.05) is 24.3 Å². The molecule has 1 aliphatic heterocycles. The van der Waals surface area contributed by atoms with Crippen LogP contribution >= 0.6 is 0 Å². The lowest BCUT2D eigenvalue weighted by Gasteiger charge is -2.21. The Bertz CT molecular complexity index is 2370. The highest BCUT2D eigenvalue weighted by atomic mass is 16.5. The van der Waals surface area contributed by atoms with Crippen LogP contribution in [0.25, 0.3) is 77.9 Å². The summed E-state index contributed by atoms with van der Waals surface area (Å²) in [5, 5.41) is 2.27. The fourth-order valence-corrected chi connectivity index (χ4v) is 6.65. The molecular formula is C44H28O2. The molecule has 0 atom stereocenters. The fourth-order valence-electron chi connectivity index (χ4n) is 6.65. The van der Waals surface area contributed by atoms with E-state index in [4.69, 9.17) is 9.15 Å². The molecular weight excluding hydrogens is 560 g/mol. The number of hydrogen-bond donors (Lipinski definition) is 0. The largest absolute Gasteiger partial charge is 0.456 e. The lowest BCUT2D eigenvalue weighted by atomic mass is 9.91. The minimum Gasteiger partial charge on any atom is -0.456 e. The van der Waals surface area contributed by atoms with E-state index in [9.17, 15) is 0 Å². The van der Waals surface area contributed by atoms with Gasteiger partial charge >= 0.3 is 0 Å². The van der Waals surface area contributed by atoms with E-state index in [0.717, 1.165) is 56.0 Å². The monoisotopic (exact) mass is 588 g/mol. The molecule has 8 aromatic rings. The van der Waals surface area contributed by atoms with Crippen molar-refractivity contribution in [1.82, 2.24) is 0 Å². The Kier molecular flexibility index (Phi) is 6.17. The second-order valence-corrected chi connectivity index (χ2v) is 11.7. The molecule has 2 heterocycles. The summed E-state index contributed by atoms with van der Waals surface area (Å²) in [7, 11) is 0. The molecule has 0 aliphatic carbocycles. The Hall–Kier alpha value is -6.12. The predicted octanol–water partition coefficient (Wildman–Crippen LogP) is 12.5. The Morgan fingerprint density at radius 2 is 0.913 bits per heavy atom. The topological polar surface area (TPSA) is 22.4 Å². The van der Waals surface area contributed by atoms with Crippen LogP contribution < -0.4 is 4.74 Å². The SMILES string of the molecule is c1ccc(-c2ccc(-c3ccc(-c4ccc(-c5cc6c7c(cccc7c5)Oc5ccccc5-6)o4)cc3)cc2-c2ccccc2)cc1. The van der Waals surface area contributed by atoms with Gasteiger partial charge in [0.05, 0.1) is 0 Å². The average Bonchev–Trinajstić information content (AvgIpc) is 3.63. The summed E-state index contributed by atoms with van der Waals surface area (Å²) in [6, 6.07) is 59.6. The first kappa shape index (κ1) is 26.3. The molecule has 0 radical (unpaired) electrons. The number of furan rings is 1. The third kappa shape index (κ3) is 4.51. The van der Waals surface area contributed by atoms with Crippen LogP contribution in [0.5, 0.6) is 11.5 Å². The summed E-state index contributed by atoms with van der Waals surface area (Å²) >= 11 is 0. The average molecular weight is 589 g/mol. The maximum Gasteiger partial charge on any atom is 0.135 e. The Balaban J connectivity index is 1.06. The van der Waals surface area contributed by atoms with Crippen molar-refractivity contribution in [3.05, 3.63) is 170 Å². The number of benzene rings is 7. The van der Waals surface area contributed by atoms with E-state index in [-0.39, 0.29) is 0 Å². The van der Waals surface area contributed by atoms with Gasteiger partial charge in [0.25, 0.3) is 0 Å². The quantitative estimate of drug-likeness (QED) is 0.200. The van der Waals surface area contributed by atoms with Crippen LogP contribution in [-0.2, 0) is 0 Å². The summed E-state index contributed by atoms with van der Waals surface area (Å²) in [5.41, 5.74) is 11.6. The van der Waals surface area contributed by atoms with E-state index >= 15 is 0 Å². The Labute approximate surface area is 267 Å². The fraction of sp³-hybridized carbons (Fsp3) is 0. The lowest BCUT2D eigenvalue weighted by Crippen LogP contribution is -1.97. The first-order chi connectivity index (χ1) is 22.8. The maximum atomic E-state index is 6.50. The number of fused-ring (bicyclic) bond motifs is 2. The van der Waals surface area contributed by atoms with E-state index in [2.05, 4.69) is 146 Å². The molecule has 0 saturated carbocycles. The Morgan fingerprint density at radius 1 is 0.304 bits per heavy atom. The van der Waals surface area contributed by atoms with Gasteiger partial charge in [0.15, 0.2) is 0 Å². The van der Waals surface area contributed by atoms with Gasteiger partial charge in [-0.15, -0.1) is 0 Å². The zero-order valence-electron chi connectivity index (χ0n) is 25.0. The summed E-state index contributed by atoms with van der Waals surface area (Å²) in [6.45, 7) is 0. The molecule has 46 heavy (non-hydrogen) atoms. The van der Waals surface area contributed by atoms with E-state index in [1.165, 1.54) is 33.4 Å². The number of para-hydroxylation sites is 1. The highest BCUT2D eigenvalue weighted by molar-refractivity contribution is 6.06. The van der Waals surface area contributed by atoms with Gasteiger partial charge in [-0.3, -0.25) is 0 Å². The summed E-state index contributed by atoms with van der Waals surface area (Å²) in [6.07, 6.45) is 0. The van der Waals surface area contributed by atoms with Crippen LogP contribution in [0.3, 0.4) is 0 Å². The van der Waals surface area contributed by atoms with Gasteiger partial charge < -0.3 is 9.15 Å². The van der Waals surface area contributed by atoms with Gasteiger partial charge in [0.1, 0.15) is 23.0 Å². The van der Waals surface area contributed by atoms with Gasteiger partial charge in [-0.1, -0.05) is 127 Å². The number of hydrogen-bond acceptors (Lipinski definition) is 2. The predicted molar refractivity (Wildman–Crippen MR) is 189 cm³/mol. The van der Waals surface area contributed by atoms with Crippen molar-refractivity contribution in [2.75, 3.05) is 0 Å². The minimum atomic E-state index is 0.843. The standard InChI is InChI=1S/C44H28O2/c1-3-10-30(11-4-1)36-23-22-33(27-38(36)31-12-5-2-6-13-31)29-18-20-32(21-19-29)40-24-25-41(45-40)35-26-34-14-9-17-43-44(34)39(28-35)37-15-7-8-16-42(37)46-43/h1-28H. The minimum absolute atomic E-state index is 0.843. The molecule has 0 saturated heterocycles. The summed E-state index contributed by atoms with van der Waals surface area (Å²) < 4.78 is 12.7. The van der Waals surface area contributed by atoms with Crippen molar-refractivity contribution < 1.29 is 9.15 Å². The van der Waals surface area contributed by atoms with Gasteiger partial charge in [-0.25, -0.2) is 0 Å². The van der Waals surface area contributed by atoms with Gasteiger partial charge in [-0.2, -0.15) is 0 Å². The smallest absolute Gasteiger partial charge is 0.135 e. The lowest BCUT2D eigenvalue weighted by molar-refractivity contribution is 0.487. The molecule has 0 spiro atoms. The molecule has 1 aromatic heterocycles. The molecule has 1 aliphatic rings. The zero-order valence-corrected chi connectivity index (χ0v) is 25.0. The molecule has 0 bridgehead atoms. The van der Waals surface area contributed by atoms with Crippen molar-refractivity contribution in [3.8, 4) is 78.7 Å². The van der Waals surface area contributed by atoms with Crippen molar-refractivity contribution in [1.29, 1.82) is 0 Å². The number of rotatable bonds is 5. The molecule has 0 fully saturated rings. The highest BCUT2D eigenvalue weighted by Gasteiger charge is 2.21. The second kappa shape index (κ2) is 10.8. The molecule has 9 rings (SSSR count). The molecule has 2 heteroatoms. The highest BCUT2D eigenvalue weighted by Crippen LogP contribution is 2.48. The molecule has 7 aromatic carbocycles. The van der Waals surface area contributed by atoms with Gasteiger partial charge in [-0.05, 0) is 86.8 Å². The molecule has 0 amide bonds. The van der Waals surface area contributed by atoms with Crippen LogP contribution in [0.4, 0.5) is 0 Å². The normalized spacial score (nSPS) is 11.7. The van der Waals surface area contributed by atoms with Crippen LogP contribution in [0.15, 0.2) is 174 Å². The second-order valence-electron chi connectivity index (χ2n) is 11.7. The van der Waals surface area contributed by atoms with Crippen LogP contribution in [-0.4, -0.2) is 0 Å². The molecule has 216 valence electrons. The van der Waals surface area contributed by atoms with Crippen LogP contribution in [0.2, 0.25) is 0 Å². The van der Waals surface area contributed by atoms with Gasteiger partial charge in [0.2, 0.25) is 0 Å². The van der Waals surface area contributed by atoms with Crippen LogP contribution in [0, 0.1) is 0 Å². The van der Waals surface area contributed by atoms with Crippen molar-refractivity contribution in [2.45, 2.75) is 0 Å². The third-order valence-corrected chi connectivity index (χ3v) is 8.92. The number of ether oxygens (including phenoxy) is 1. The van der Waals surface area contributed by atoms with Crippen molar-refractivity contribution in [2.24, 2.45) is 0 Å². The van der Waals surface area contributed by atoms with E-state index in [1.54, 1.807) is 0 Å². The molecule has 0 unspecified atom stereocenters. The van der Waals surface area contributed by atoms with Crippen molar-refractivity contribution >= 4 is 10.8 Å². The van der Waals surface area contributed by atoms with Crippen molar-refractivity contribution in [3.63, 3.8) is 0 Å².